The maximum Gasteiger partial charge on any atom is 0.185 e. The molecule has 4 heteroatoms. The zero-order chi connectivity index (χ0) is 21.2. The smallest absolute Gasteiger partial charge is 0.185 e. The maximum absolute atomic E-state index is 12.7. The standard InChI is InChI=1S/C24H38O3S/c1-6-7-8-9-10-11-12-13-19(2)14-15-23(25)18-28(26,27)24-21(4)16-20(3)17-22(24)5/h16-17H,2,6-15,18H2,1,3-5H3. The van der Waals surface area contributed by atoms with Crippen LogP contribution in [0.2, 0.25) is 0 Å². The van der Waals surface area contributed by atoms with E-state index >= 15 is 0 Å². The Morgan fingerprint density at radius 2 is 1.39 bits per heavy atom. The number of allylic oxidation sites excluding steroid dienone is 1. The first kappa shape index (κ1) is 24.6. The van der Waals surface area contributed by atoms with Crippen molar-refractivity contribution in [3.63, 3.8) is 0 Å². The van der Waals surface area contributed by atoms with Crippen molar-refractivity contribution in [2.24, 2.45) is 0 Å². The lowest BCUT2D eigenvalue weighted by molar-refractivity contribution is -0.116. The quantitative estimate of drug-likeness (QED) is 0.264. The monoisotopic (exact) mass is 406 g/mol. The van der Waals surface area contributed by atoms with Crippen molar-refractivity contribution >= 4 is 15.6 Å². The largest absolute Gasteiger partial charge is 0.299 e. The summed E-state index contributed by atoms with van der Waals surface area (Å²) in [6.07, 6.45) is 10.6. The molecule has 0 atom stereocenters. The summed E-state index contributed by atoms with van der Waals surface area (Å²) in [4.78, 5) is 12.6. The second kappa shape index (κ2) is 12.2. The fraction of sp³-hybridized carbons (Fsp3) is 0.625. The Morgan fingerprint density at radius 1 is 0.857 bits per heavy atom. The summed E-state index contributed by atoms with van der Waals surface area (Å²) in [6.45, 7) is 11.8. The fourth-order valence-corrected chi connectivity index (χ4v) is 5.60. The molecule has 1 rings (SSSR count). The van der Waals surface area contributed by atoms with Crippen LogP contribution in [0, 0.1) is 20.8 Å². The van der Waals surface area contributed by atoms with E-state index in [0.717, 1.165) is 24.0 Å². The van der Waals surface area contributed by atoms with Crippen molar-refractivity contribution in [1.82, 2.24) is 0 Å². The third kappa shape index (κ3) is 8.72. The molecule has 0 aliphatic carbocycles. The number of carbonyl (C=O) groups excluding carboxylic acids is 1. The summed E-state index contributed by atoms with van der Waals surface area (Å²) in [5, 5.41) is 0. The van der Waals surface area contributed by atoms with E-state index in [-0.39, 0.29) is 12.2 Å². The zero-order valence-corrected chi connectivity index (χ0v) is 19.1. The molecule has 28 heavy (non-hydrogen) atoms. The molecule has 0 spiro atoms. The molecular weight excluding hydrogens is 368 g/mol. The number of sulfone groups is 1. The van der Waals surface area contributed by atoms with E-state index in [1.807, 2.05) is 19.1 Å². The van der Waals surface area contributed by atoms with Crippen molar-refractivity contribution in [3.8, 4) is 0 Å². The number of Topliss-reactive ketones (excluding diaryl/α,β-unsaturated/α-hetero) is 1. The Labute approximate surface area is 172 Å². The first-order chi connectivity index (χ1) is 13.2. The van der Waals surface area contributed by atoms with E-state index in [0.29, 0.717) is 22.4 Å². The van der Waals surface area contributed by atoms with Crippen LogP contribution in [0.25, 0.3) is 0 Å². The molecule has 0 heterocycles. The molecule has 1 aromatic rings. The van der Waals surface area contributed by atoms with Crippen molar-refractivity contribution in [3.05, 3.63) is 41.0 Å². The highest BCUT2D eigenvalue weighted by Gasteiger charge is 2.23. The van der Waals surface area contributed by atoms with Gasteiger partial charge in [-0.2, -0.15) is 0 Å². The number of aryl methyl sites for hydroxylation is 3. The molecule has 0 fully saturated rings. The van der Waals surface area contributed by atoms with Gasteiger partial charge in [0.05, 0.1) is 4.90 Å². The summed E-state index contributed by atoms with van der Waals surface area (Å²) in [5.41, 5.74) is 3.52. The van der Waals surface area contributed by atoms with Gasteiger partial charge in [0.1, 0.15) is 11.5 Å². The van der Waals surface area contributed by atoms with E-state index in [9.17, 15) is 13.2 Å². The highest BCUT2D eigenvalue weighted by molar-refractivity contribution is 7.92. The maximum atomic E-state index is 12.7. The van der Waals surface area contributed by atoms with Crippen molar-refractivity contribution in [1.29, 1.82) is 0 Å². The summed E-state index contributed by atoms with van der Waals surface area (Å²) in [7, 11) is -3.60. The SMILES string of the molecule is C=C(CCCCCCCCC)CCC(=O)CS(=O)(=O)c1c(C)cc(C)cc1C. The second-order valence-electron chi connectivity index (χ2n) is 8.15. The number of unbranched alkanes of at least 4 members (excludes halogenated alkanes) is 6. The fourth-order valence-electron chi connectivity index (χ4n) is 3.79. The van der Waals surface area contributed by atoms with Gasteiger partial charge in [0.2, 0.25) is 0 Å². The molecule has 0 radical (unpaired) electrons. The van der Waals surface area contributed by atoms with E-state index in [2.05, 4.69) is 13.5 Å². The summed E-state index contributed by atoms with van der Waals surface area (Å²) in [5.74, 6) is -0.636. The molecule has 0 bridgehead atoms. The number of rotatable bonds is 14. The normalized spacial score (nSPS) is 11.6. The molecule has 0 unspecified atom stereocenters. The number of carbonyl (C=O) groups is 1. The molecule has 0 aliphatic rings. The van der Waals surface area contributed by atoms with E-state index in [1.54, 1.807) is 13.8 Å². The van der Waals surface area contributed by atoms with Gasteiger partial charge in [0.15, 0.2) is 9.84 Å². The third-order valence-corrected chi connectivity index (χ3v) is 7.13. The first-order valence-corrected chi connectivity index (χ1v) is 12.3. The highest BCUT2D eigenvalue weighted by Crippen LogP contribution is 2.23. The topological polar surface area (TPSA) is 51.2 Å². The predicted octanol–water partition coefficient (Wildman–Crippen LogP) is 6.43. The summed E-state index contributed by atoms with van der Waals surface area (Å²) < 4.78 is 25.4. The van der Waals surface area contributed by atoms with Gasteiger partial charge in [0, 0.05) is 6.42 Å². The molecule has 3 nitrogen and oxygen atoms in total. The van der Waals surface area contributed by atoms with Gasteiger partial charge in [-0.15, -0.1) is 0 Å². The van der Waals surface area contributed by atoms with Crippen molar-refractivity contribution in [2.45, 2.75) is 96.8 Å². The van der Waals surface area contributed by atoms with Crippen LogP contribution in [0.4, 0.5) is 0 Å². The molecular formula is C24H38O3S. The molecule has 0 aromatic heterocycles. The van der Waals surface area contributed by atoms with Gasteiger partial charge in [-0.25, -0.2) is 8.42 Å². The number of hydrogen-bond donors (Lipinski definition) is 0. The minimum Gasteiger partial charge on any atom is -0.299 e. The lowest BCUT2D eigenvalue weighted by Gasteiger charge is -2.12. The second-order valence-corrected chi connectivity index (χ2v) is 10.1. The van der Waals surface area contributed by atoms with Gasteiger partial charge in [-0.05, 0) is 51.2 Å². The minimum absolute atomic E-state index is 0.222. The van der Waals surface area contributed by atoms with Crippen molar-refractivity contribution in [2.75, 3.05) is 5.75 Å². The van der Waals surface area contributed by atoms with Gasteiger partial charge in [-0.3, -0.25) is 4.79 Å². The molecule has 1 aromatic carbocycles. The van der Waals surface area contributed by atoms with Gasteiger partial charge in [-0.1, -0.05) is 75.3 Å². The minimum atomic E-state index is -3.60. The Kier molecular flexibility index (Phi) is 10.7. The van der Waals surface area contributed by atoms with Gasteiger partial charge in [0.25, 0.3) is 0 Å². The van der Waals surface area contributed by atoms with Crippen LogP contribution in [-0.2, 0) is 14.6 Å². The lowest BCUT2D eigenvalue weighted by Crippen LogP contribution is -2.18. The van der Waals surface area contributed by atoms with Crippen LogP contribution in [0.5, 0.6) is 0 Å². The Bertz CT molecular complexity index is 737. The first-order valence-electron chi connectivity index (χ1n) is 10.7. The molecule has 0 saturated carbocycles. The van der Waals surface area contributed by atoms with E-state index in [4.69, 9.17) is 0 Å². The van der Waals surface area contributed by atoms with Gasteiger partial charge >= 0.3 is 0 Å². The van der Waals surface area contributed by atoms with Crippen molar-refractivity contribution < 1.29 is 13.2 Å². The van der Waals surface area contributed by atoms with Crippen LogP contribution in [0.3, 0.4) is 0 Å². The summed E-state index contributed by atoms with van der Waals surface area (Å²) >= 11 is 0. The van der Waals surface area contributed by atoms with Crippen LogP contribution in [0.15, 0.2) is 29.2 Å². The highest BCUT2D eigenvalue weighted by atomic mass is 32.2. The van der Waals surface area contributed by atoms with Crippen LogP contribution < -0.4 is 0 Å². The average Bonchev–Trinajstić information content (AvgIpc) is 2.57. The molecule has 0 aliphatic heterocycles. The number of ketones is 1. The Hall–Kier alpha value is -1.42. The van der Waals surface area contributed by atoms with Gasteiger partial charge < -0.3 is 0 Å². The Balaban J connectivity index is 2.41. The Morgan fingerprint density at radius 3 is 1.96 bits per heavy atom. The predicted molar refractivity (Wildman–Crippen MR) is 119 cm³/mol. The third-order valence-electron chi connectivity index (χ3n) is 5.16. The van der Waals surface area contributed by atoms with E-state index < -0.39 is 15.6 Å². The molecule has 0 N–H and O–H groups in total. The summed E-state index contributed by atoms with van der Waals surface area (Å²) in [6, 6.07) is 3.71. The van der Waals surface area contributed by atoms with E-state index in [1.165, 1.54) is 38.5 Å². The molecule has 158 valence electrons. The van der Waals surface area contributed by atoms with Crippen LogP contribution in [0.1, 0.15) is 87.8 Å². The number of hydrogen-bond acceptors (Lipinski definition) is 3. The zero-order valence-electron chi connectivity index (χ0n) is 18.3. The average molecular weight is 407 g/mol. The lowest BCUT2D eigenvalue weighted by atomic mass is 10.0. The number of benzene rings is 1. The van der Waals surface area contributed by atoms with Crippen LogP contribution >= 0.6 is 0 Å². The molecule has 0 saturated heterocycles. The van der Waals surface area contributed by atoms with Crippen LogP contribution in [-0.4, -0.2) is 20.0 Å². The molecule has 0 amide bonds.